The van der Waals surface area contributed by atoms with Crippen LogP contribution >= 0.6 is 0 Å². The zero-order valence-electron chi connectivity index (χ0n) is 12.0. The number of likely N-dealkylation sites (tertiary alicyclic amines) is 1. The minimum absolute atomic E-state index is 0.0501. The second-order valence-corrected chi connectivity index (χ2v) is 4.81. The first-order valence-electron chi connectivity index (χ1n) is 7.24. The van der Waals surface area contributed by atoms with Crippen LogP contribution in [0.3, 0.4) is 0 Å². The molecule has 0 radical (unpaired) electrons. The van der Waals surface area contributed by atoms with Gasteiger partial charge in [0.25, 0.3) is 0 Å². The van der Waals surface area contributed by atoms with Gasteiger partial charge in [0.1, 0.15) is 6.29 Å². The molecule has 1 saturated heterocycles. The summed E-state index contributed by atoms with van der Waals surface area (Å²) in [7, 11) is 0. The van der Waals surface area contributed by atoms with Crippen LogP contribution in [-0.2, 0) is 19.1 Å². The Labute approximate surface area is 120 Å². The van der Waals surface area contributed by atoms with E-state index in [2.05, 4.69) is 0 Å². The van der Waals surface area contributed by atoms with Gasteiger partial charge in [0.15, 0.2) is 0 Å². The summed E-state index contributed by atoms with van der Waals surface area (Å²) in [5.41, 5.74) is 0. The van der Waals surface area contributed by atoms with Gasteiger partial charge in [-0.15, -0.1) is 0 Å². The Bertz CT molecular complexity index is 365. The van der Waals surface area contributed by atoms with E-state index < -0.39 is 0 Å². The van der Waals surface area contributed by atoms with Gasteiger partial charge in [0, 0.05) is 19.4 Å². The van der Waals surface area contributed by atoms with Crippen LogP contribution in [0.15, 0.2) is 12.2 Å². The molecule has 5 nitrogen and oxygen atoms in total. The van der Waals surface area contributed by atoms with E-state index in [9.17, 15) is 14.4 Å². The van der Waals surface area contributed by atoms with E-state index in [1.807, 2.05) is 12.2 Å². The maximum Gasteiger partial charge on any atom is 0.305 e. The molecule has 1 aliphatic rings. The molecule has 0 aromatic heterocycles. The zero-order chi connectivity index (χ0) is 14.8. The highest BCUT2D eigenvalue weighted by molar-refractivity contribution is 5.83. The number of amides is 1. The average molecular weight is 281 g/mol. The molecule has 0 saturated carbocycles. The molecule has 1 aliphatic heterocycles. The topological polar surface area (TPSA) is 63.7 Å². The van der Waals surface area contributed by atoms with Crippen LogP contribution in [0.1, 0.15) is 45.4 Å². The fourth-order valence-corrected chi connectivity index (χ4v) is 2.21. The third-order valence-corrected chi connectivity index (χ3v) is 3.31. The van der Waals surface area contributed by atoms with E-state index >= 15 is 0 Å². The molecule has 0 aliphatic carbocycles. The minimum Gasteiger partial charge on any atom is -0.466 e. The fraction of sp³-hybridized carbons (Fsp3) is 0.667. The van der Waals surface area contributed by atoms with Crippen molar-refractivity contribution in [2.75, 3.05) is 13.2 Å². The van der Waals surface area contributed by atoms with Crippen molar-refractivity contribution < 1.29 is 19.1 Å². The van der Waals surface area contributed by atoms with Crippen molar-refractivity contribution in [3.05, 3.63) is 12.2 Å². The third-order valence-electron chi connectivity index (χ3n) is 3.31. The minimum atomic E-state index is -0.254. The lowest BCUT2D eigenvalue weighted by Crippen LogP contribution is -2.33. The summed E-state index contributed by atoms with van der Waals surface area (Å²) in [6.07, 6.45) is 8.92. The molecule has 0 spiro atoms. The largest absolute Gasteiger partial charge is 0.466 e. The molecule has 1 atom stereocenters. The number of ether oxygens (including phenoxy) is 1. The quantitative estimate of drug-likeness (QED) is 0.280. The van der Waals surface area contributed by atoms with E-state index in [4.69, 9.17) is 4.74 Å². The van der Waals surface area contributed by atoms with Crippen molar-refractivity contribution in [1.29, 1.82) is 0 Å². The molecule has 20 heavy (non-hydrogen) atoms. The Morgan fingerprint density at radius 2 is 2.20 bits per heavy atom. The predicted octanol–water partition coefficient (Wildman–Crippen LogP) is 1.86. The molecule has 0 N–H and O–H groups in total. The van der Waals surface area contributed by atoms with Gasteiger partial charge >= 0.3 is 5.97 Å². The van der Waals surface area contributed by atoms with Crippen LogP contribution in [0.4, 0.5) is 0 Å². The van der Waals surface area contributed by atoms with Crippen LogP contribution in [0.5, 0.6) is 0 Å². The monoisotopic (exact) mass is 281 g/mol. The Morgan fingerprint density at radius 3 is 2.90 bits per heavy atom. The lowest BCUT2D eigenvalue weighted by molar-refractivity contribution is -0.143. The first kappa shape index (κ1) is 16.4. The van der Waals surface area contributed by atoms with Gasteiger partial charge in [-0.2, -0.15) is 0 Å². The van der Waals surface area contributed by atoms with Crippen molar-refractivity contribution >= 4 is 18.2 Å². The average Bonchev–Trinajstić information content (AvgIpc) is 2.79. The zero-order valence-corrected chi connectivity index (χ0v) is 12.0. The SMILES string of the molecule is CCOC(=O)CCCCC=CCN1C(=O)CCC1C=O. The molecule has 1 unspecified atom stereocenters. The third kappa shape index (κ3) is 5.55. The molecule has 1 rings (SSSR count). The molecular weight excluding hydrogens is 258 g/mol. The number of nitrogens with zero attached hydrogens (tertiary/aromatic N) is 1. The standard InChI is InChI=1S/C15H23NO4/c1-2-20-15(19)8-6-4-3-5-7-11-16-13(12-17)9-10-14(16)18/h5,7,12-13H,2-4,6,8-11H2,1H3. The van der Waals surface area contributed by atoms with Crippen LogP contribution in [-0.4, -0.2) is 42.3 Å². The number of carbonyl (C=O) groups is 3. The second kappa shape index (κ2) is 9.28. The van der Waals surface area contributed by atoms with Crippen molar-refractivity contribution in [2.45, 2.75) is 51.5 Å². The highest BCUT2D eigenvalue weighted by atomic mass is 16.5. The second-order valence-electron chi connectivity index (χ2n) is 4.81. The number of carbonyl (C=O) groups excluding carboxylic acids is 3. The molecule has 0 aromatic rings. The molecule has 0 aromatic carbocycles. The summed E-state index contributed by atoms with van der Waals surface area (Å²) in [4.78, 5) is 35.0. The Kier molecular flexibility index (Phi) is 7.62. The Balaban J connectivity index is 2.11. The maximum absolute atomic E-state index is 11.5. The number of esters is 1. The summed E-state index contributed by atoms with van der Waals surface area (Å²) in [5, 5.41) is 0. The Morgan fingerprint density at radius 1 is 1.40 bits per heavy atom. The number of allylic oxidation sites excluding steroid dienone is 1. The molecule has 1 fully saturated rings. The van der Waals surface area contributed by atoms with Gasteiger partial charge in [-0.3, -0.25) is 9.59 Å². The lowest BCUT2D eigenvalue weighted by atomic mass is 10.2. The number of hydrogen-bond acceptors (Lipinski definition) is 4. The van der Waals surface area contributed by atoms with Crippen molar-refractivity contribution in [3.63, 3.8) is 0 Å². The lowest BCUT2D eigenvalue weighted by Gasteiger charge is -2.18. The van der Waals surface area contributed by atoms with Crippen LogP contribution < -0.4 is 0 Å². The van der Waals surface area contributed by atoms with Crippen LogP contribution in [0.2, 0.25) is 0 Å². The summed E-state index contributed by atoms with van der Waals surface area (Å²) in [6, 6.07) is -0.254. The van der Waals surface area contributed by atoms with E-state index in [1.165, 1.54) is 0 Å². The van der Waals surface area contributed by atoms with E-state index in [-0.39, 0.29) is 17.9 Å². The number of unbranched alkanes of at least 4 members (excludes halogenated alkanes) is 2. The van der Waals surface area contributed by atoms with Gasteiger partial charge in [-0.25, -0.2) is 0 Å². The molecule has 5 heteroatoms. The fourth-order valence-electron chi connectivity index (χ4n) is 2.21. The first-order valence-corrected chi connectivity index (χ1v) is 7.24. The van der Waals surface area contributed by atoms with Crippen molar-refractivity contribution in [1.82, 2.24) is 4.90 Å². The molecule has 0 bridgehead atoms. The summed E-state index contributed by atoms with van der Waals surface area (Å²) in [6.45, 7) is 2.73. The Hall–Kier alpha value is -1.65. The number of aldehydes is 1. The number of rotatable bonds is 9. The van der Waals surface area contributed by atoms with Crippen LogP contribution in [0, 0.1) is 0 Å². The maximum atomic E-state index is 11.5. The predicted molar refractivity (Wildman–Crippen MR) is 75.0 cm³/mol. The molecule has 1 amide bonds. The highest BCUT2D eigenvalue weighted by Gasteiger charge is 2.29. The van der Waals surface area contributed by atoms with Gasteiger partial charge in [0.05, 0.1) is 12.6 Å². The molecular formula is C15H23NO4. The molecule has 1 heterocycles. The van der Waals surface area contributed by atoms with Crippen molar-refractivity contribution in [2.24, 2.45) is 0 Å². The summed E-state index contributed by atoms with van der Waals surface area (Å²) in [5.74, 6) is -0.0953. The van der Waals surface area contributed by atoms with Gasteiger partial charge in [-0.1, -0.05) is 12.2 Å². The van der Waals surface area contributed by atoms with E-state index in [0.717, 1.165) is 25.5 Å². The highest BCUT2D eigenvalue weighted by Crippen LogP contribution is 2.16. The van der Waals surface area contributed by atoms with Crippen molar-refractivity contribution in [3.8, 4) is 0 Å². The van der Waals surface area contributed by atoms with E-state index in [1.54, 1.807) is 11.8 Å². The number of hydrogen-bond donors (Lipinski definition) is 0. The van der Waals surface area contributed by atoms with Gasteiger partial charge in [-0.05, 0) is 32.6 Å². The van der Waals surface area contributed by atoms with Gasteiger partial charge in [0.2, 0.25) is 5.91 Å². The smallest absolute Gasteiger partial charge is 0.305 e. The molecule has 112 valence electrons. The normalized spacial score (nSPS) is 18.8. The van der Waals surface area contributed by atoms with Crippen LogP contribution in [0.25, 0.3) is 0 Å². The summed E-state index contributed by atoms with van der Waals surface area (Å²) >= 11 is 0. The first-order chi connectivity index (χ1) is 9.69. The van der Waals surface area contributed by atoms with Gasteiger partial charge < -0.3 is 14.4 Å². The summed E-state index contributed by atoms with van der Waals surface area (Å²) < 4.78 is 4.84. The van der Waals surface area contributed by atoms with E-state index in [0.29, 0.717) is 32.4 Å².